The van der Waals surface area contributed by atoms with E-state index in [9.17, 15) is 4.79 Å². The number of aromatic nitrogens is 1. The third-order valence-electron chi connectivity index (χ3n) is 3.71. The van der Waals surface area contributed by atoms with Crippen LogP contribution in [0.25, 0.3) is 0 Å². The van der Waals surface area contributed by atoms with Gasteiger partial charge in [-0.3, -0.25) is 4.79 Å². The Morgan fingerprint density at radius 2 is 2.41 bits per heavy atom. The predicted octanol–water partition coefficient (Wildman–Crippen LogP) is 3.07. The first kappa shape index (κ1) is 11.0. The first-order valence-electron chi connectivity index (χ1n) is 6.23. The molecule has 0 saturated heterocycles. The Morgan fingerprint density at radius 1 is 1.47 bits per heavy atom. The van der Waals surface area contributed by atoms with Gasteiger partial charge in [0.25, 0.3) is 0 Å². The normalized spacial score (nSPS) is 33.1. The van der Waals surface area contributed by atoms with Crippen molar-refractivity contribution in [3.05, 3.63) is 23.7 Å². The fraction of sp³-hybridized carbons (Fsp3) is 0.538. The van der Waals surface area contributed by atoms with Crippen molar-refractivity contribution in [2.45, 2.75) is 25.7 Å². The number of nitrogens with zero attached hydrogens (tertiary/aromatic N) is 1. The highest BCUT2D eigenvalue weighted by Gasteiger charge is 2.52. The molecule has 1 fully saturated rings. The van der Waals surface area contributed by atoms with E-state index in [0.717, 1.165) is 5.13 Å². The molecule has 1 saturated carbocycles. The van der Waals surface area contributed by atoms with Gasteiger partial charge in [-0.15, -0.1) is 11.3 Å². The van der Waals surface area contributed by atoms with Crippen LogP contribution in [-0.2, 0) is 4.79 Å². The molecular weight excluding hydrogens is 232 g/mol. The largest absolute Gasteiger partial charge is 0.302 e. The summed E-state index contributed by atoms with van der Waals surface area (Å²) in [5.41, 5.74) is 0. The number of hydrogen-bond donors (Lipinski definition) is 1. The maximum atomic E-state index is 12.1. The Labute approximate surface area is 105 Å². The van der Waals surface area contributed by atoms with Gasteiger partial charge in [0, 0.05) is 17.5 Å². The zero-order chi connectivity index (χ0) is 11.7. The number of carbonyl (C=O) groups excluding carboxylic acids is 1. The van der Waals surface area contributed by atoms with Gasteiger partial charge < -0.3 is 5.32 Å². The van der Waals surface area contributed by atoms with Gasteiger partial charge in [0.2, 0.25) is 5.91 Å². The summed E-state index contributed by atoms with van der Waals surface area (Å²) >= 11 is 1.48. The fourth-order valence-corrected chi connectivity index (χ4v) is 3.31. The van der Waals surface area contributed by atoms with Crippen LogP contribution in [0.15, 0.2) is 23.7 Å². The summed E-state index contributed by atoms with van der Waals surface area (Å²) in [5.74, 6) is 1.40. The van der Waals surface area contributed by atoms with Crippen molar-refractivity contribution < 1.29 is 4.79 Å². The Balaban J connectivity index is 1.64. The average Bonchev–Trinajstić information content (AvgIpc) is 2.72. The molecule has 2 aliphatic carbocycles. The second-order valence-electron chi connectivity index (χ2n) is 4.81. The molecule has 2 aliphatic rings. The standard InChI is InChI=1S/C13H16N2OS/c16-12(15-13-14-7-8-17-13)11-9-5-3-1-2-4-6-10(9)11/h3,5,7-11H,1-2,4,6H2,(H,14,15,16)/b5-3-/t9-,10+,11+/m0/s1. The van der Waals surface area contributed by atoms with Gasteiger partial charge in [-0.05, 0) is 31.1 Å². The minimum atomic E-state index is 0.154. The number of allylic oxidation sites excluding steroid dienone is 2. The van der Waals surface area contributed by atoms with Crippen LogP contribution >= 0.6 is 11.3 Å². The highest BCUT2D eigenvalue weighted by atomic mass is 32.1. The molecule has 0 spiro atoms. The molecule has 3 nitrogen and oxygen atoms in total. The van der Waals surface area contributed by atoms with Crippen molar-refractivity contribution in [1.82, 2.24) is 4.98 Å². The zero-order valence-electron chi connectivity index (χ0n) is 9.63. The van der Waals surface area contributed by atoms with Gasteiger partial charge in [0.15, 0.2) is 5.13 Å². The van der Waals surface area contributed by atoms with Crippen LogP contribution in [0.3, 0.4) is 0 Å². The molecule has 1 heterocycles. The maximum absolute atomic E-state index is 12.1. The number of rotatable bonds is 2. The number of fused-ring (bicyclic) bond motifs is 1. The molecule has 3 rings (SSSR count). The summed E-state index contributed by atoms with van der Waals surface area (Å²) in [6, 6.07) is 0. The van der Waals surface area contributed by atoms with Crippen molar-refractivity contribution >= 4 is 22.4 Å². The summed E-state index contributed by atoms with van der Waals surface area (Å²) in [4.78, 5) is 16.2. The molecule has 3 atom stereocenters. The van der Waals surface area contributed by atoms with Gasteiger partial charge in [-0.1, -0.05) is 18.6 Å². The lowest BCUT2D eigenvalue weighted by molar-refractivity contribution is -0.117. The molecule has 1 N–H and O–H groups in total. The van der Waals surface area contributed by atoms with Crippen molar-refractivity contribution in [2.75, 3.05) is 5.32 Å². The minimum absolute atomic E-state index is 0.154. The van der Waals surface area contributed by atoms with Gasteiger partial charge in [-0.25, -0.2) is 4.98 Å². The van der Waals surface area contributed by atoms with Crippen LogP contribution in [-0.4, -0.2) is 10.9 Å². The predicted molar refractivity (Wildman–Crippen MR) is 68.8 cm³/mol. The summed E-state index contributed by atoms with van der Waals surface area (Å²) < 4.78 is 0. The summed E-state index contributed by atoms with van der Waals surface area (Å²) in [6.07, 6.45) is 11.1. The summed E-state index contributed by atoms with van der Waals surface area (Å²) in [5, 5.41) is 5.52. The van der Waals surface area contributed by atoms with E-state index in [1.165, 1.54) is 37.0 Å². The van der Waals surface area contributed by atoms with Crippen LogP contribution in [0.4, 0.5) is 5.13 Å². The highest BCUT2D eigenvalue weighted by molar-refractivity contribution is 7.13. The fourth-order valence-electron chi connectivity index (χ4n) is 2.77. The van der Waals surface area contributed by atoms with E-state index in [0.29, 0.717) is 11.8 Å². The molecular formula is C13H16N2OS. The lowest BCUT2D eigenvalue weighted by Gasteiger charge is -2.00. The van der Waals surface area contributed by atoms with E-state index in [4.69, 9.17) is 0 Å². The lowest BCUT2D eigenvalue weighted by Crippen LogP contribution is -2.15. The van der Waals surface area contributed by atoms with Gasteiger partial charge in [-0.2, -0.15) is 0 Å². The first-order chi connectivity index (χ1) is 8.36. The maximum Gasteiger partial charge on any atom is 0.230 e. The molecule has 4 heteroatoms. The number of thiazole rings is 1. The van der Waals surface area contributed by atoms with Crippen molar-refractivity contribution in [3.63, 3.8) is 0 Å². The second kappa shape index (κ2) is 4.61. The molecule has 0 unspecified atom stereocenters. The minimum Gasteiger partial charge on any atom is -0.302 e. The van der Waals surface area contributed by atoms with Crippen molar-refractivity contribution in [1.29, 1.82) is 0 Å². The molecule has 1 aromatic rings. The Kier molecular flexibility index (Phi) is 2.97. The van der Waals surface area contributed by atoms with Crippen LogP contribution < -0.4 is 5.32 Å². The summed E-state index contributed by atoms with van der Waals surface area (Å²) in [6.45, 7) is 0. The number of amides is 1. The molecule has 17 heavy (non-hydrogen) atoms. The number of nitrogens with one attached hydrogen (secondary N) is 1. The first-order valence-corrected chi connectivity index (χ1v) is 7.11. The van der Waals surface area contributed by atoms with E-state index in [-0.39, 0.29) is 11.8 Å². The molecule has 90 valence electrons. The van der Waals surface area contributed by atoms with Crippen LogP contribution in [0.1, 0.15) is 25.7 Å². The Bertz CT molecular complexity index is 427. The summed E-state index contributed by atoms with van der Waals surface area (Å²) in [7, 11) is 0. The monoisotopic (exact) mass is 248 g/mol. The topological polar surface area (TPSA) is 42.0 Å². The molecule has 0 radical (unpaired) electrons. The van der Waals surface area contributed by atoms with Crippen LogP contribution in [0, 0.1) is 17.8 Å². The SMILES string of the molecule is O=C(Nc1nccs1)[C@@H]1[C@H]2/C=C\CCCC[C@H]21. The van der Waals surface area contributed by atoms with E-state index >= 15 is 0 Å². The van der Waals surface area contributed by atoms with Crippen LogP contribution in [0.5, 0.6) is 0 Å². The molecule has 0 aliphatic heterocycles. The number of hydrogen-bond acceptors (Lipinski definition) is 3. The molecule has 1 amide bonds. The van der Waals surface area contributed by atoms with E-state index < -0.39 is 0 Å². The van der Waals surface area contributed by atoms with Crippen molar-refractivity contribution in [3.8, 4) is 0 Å². The molecule has 0 aromatic carbocycles. The molecule has 1 aromatic heterocycles. The third-order valence-corrected chi connectivity index (χ3v) is 4.40. The quantitative estimate of drug-likeness (QED) is 0.817. The number of carbonyl (C=O) groups is 1. The van der Waals surface area contributed by atoms with E-state index in [2.05, 4.69) is 22.5 Å². The van der Waals surface area contributed by atoms with Gasteiger partial charge in [0.1, 0.15) is 0 Å². The average molecular weight is 248 g/mol. The van der Waals surface area contributed by atoms with Gasteiger partial charge >= 0.3 is 0 Å². The second-order valence-corrected chi connectivity index (χ2v) is 5.70. The smallest absolute Gasteiger partial charge is 0.230 e. The van der Waals surface area contributed by atoms with E-state index in [1.807, 2.05) is 5.38 Å². The Hall–Kier alpha value is -1.16. The van der Waals surface area contributed by atoms with Crippen molar-refractivity contribution in [2.24, 2.45) is 17.8 Å². The number of anilines is 1. The Morgan fingerprint density at radius 3 is 3.24 bits per heavy atom. The van der Waals surface area contributed by atoms with E-state index in [1.54, 1.807) is 6.20 Å². The third kappa shape index (κ3) is 2.27. The highest BCUT2D eigenvalue weighted by Crippen LogP contribution is 2.51. The zero-order valence-corrected chi connectivity index (χ0v) is 10.5. The molecule has 0 bridgehead atoms. The lowest BCUT2D eigenvalue weighted by atomic mass is 10.1. The van der Waals surface area contributed by atoms with Gasteiger partial charge in [0.05, 0.1) is 0 Å². The van der Waals surface area contributed by atoms with Crippen LogP contribution in [0.2, 0.25) is 0 Å².